The van der Waals surface area contributed by atoms with Crippen molar-refractivity contribution in [1.82, 2.24) is 5.32 Å². The van der Waals surface area contributed by atoms with Crippen LogP contribution in [0.4, 0.5) is 5.69 Å². The molecular formula is C13H16N2O5. The van der Waals surface area contributed by atoms with Crippen molar-refractivity contribution in [3.8, 4) is 0 Å². The summed E-state index contributed by atoms with van der Waals surface area (Å²) in [7, 11) is 0. The fraction of sp³-hybridized carbons (Fsp3) is 0.462. The average molecular weight is 280 g/mol. The lowest BCUT2D eigenvalue weighted by Crippen LogP contribution is -2.63. The molecule has 4 N–H and O–H groups in total. The number of hydrogen-bond acceptors (Lipinski definition) is 6. The van der Waals surface area contributed by atoms with Crippen LogP contribution in [0.25, 0.3) is 0 Å². The minimum absolute atomic E-state index is 0.0237. The molecule has 1 aromatic rings. The number of ether oxygens (including phenoxy) is 2. The Bertz CT molecular complexity index is 537. The molecule has 1 aromatic carbocycles. The summed E-state index contributed by atoms with van der Waals surface area (Å²) < 4.78 is 10.6. The molecular weight excluding hydrogens is 264 g/mol. The zero-order valence-electron chi connectivity index (χ0n) is 10.8. The van der Waals surface area contributed by atoms with Gasteiger partial charge in [-0.25, -0.2) is 0 Å². The molecule has 1 fully saturated rings. The summed E-state index contributed by atoms with van der Waals surface area (Å²) in [5, 5.41) is 25.0. The third-order valence-electron chi connectivity index (χ3n) is 3.41. The van der Waals surface area contributed by atoms with Gasteiger partial charge in [0.1, 0.15) is 6.61 Å². The fourth-order valence-corrected chi connectivity index (χ4v) is 2.33. The molecule has 7 nitrogen and oxygen atoms in total. The van der Waals surface area contributed by atoms with Crippen molar-refractivity contribution in [2.24, 2.45) is 0 Å². The third kappa shape index (κ3) is 2.25. The molecule has 7 heteroatoms. The van der Waals surface area contributed by atoms with Crippen LogP contribution in [0, 0.1) is 0 Å². The minimum atomic E-state index is -1.74. The zero-order valence-corrected chi connectivity index (χ0v) is 10.8. The van der Waals surface area contributed by atoms with Crippen LogP contribution in [0.5, 0.6) is 0 Å². The fourth-order valence-electron chi connectivity index (χ4n) is 2.33. The molecule has 1 amide bonds. The summed E-state index contributed by atoms with van der Waals surface area (Å²) in [6, 6.07) is 7.11. The molecule has 20 heavy (non-hydrogen) atoms. The van der Waals surface area contributed by atoms with Crippen LogP contribution >= 0.6 is 0 Å². The number of anilines is 1. The van der Waals surface area contributed by atoms with E-state index in [4.69, 9.17) is 14.6 Å². The van der Waals surface area contributed by atoms with Gasteiger partial charge in [0.2, 0.25) is 5.79 Å². The topological polar surface area (TPSA) is 100 Å². The minimum Gasteiger partial charge on any atom is -0.391 e. The van der Waals surface area contributed by atoms with Crippen LogP contribution in [0.3, 0.4) is 0 Å². The number of carbonyl (C=O) groups is 1. The number of rotatable bonds is 1. The van der Waals surface area contributed by atoms with Gasteiger partial charge >= 0.3 is 0 Å². The van der Waals surface area contributed by atoms with Gasteiger partial charge in [0.15, 0.2) is 5.66 Å². The summed E-state index contributed by atoms with van der Waals surface area (Å²) in [6.45, 7) is -0.641. The number of aliphatic hydroxyl groups excluding tert-OH is 1. The molecule has 2 heterocycles. The molecule has 1 saturated heterocycles. The second-order valence-electron chi connectivity index (χ2n) is 5.09. The van der Waals surface area contributed by atoms with E-state index < -0.39 is 18.1 Å². The highest BCUT2D eigenvalue weighted by molar-refractivity contribution is 6.02. The van der Waals surface area contributed by atoms with Gasteiger partial charge in [-0.15, -0.1) is 0 Å². The monoisotopic (exact) mass is 280 g/mol. The van der Waals surface area contributed by atoms with E-state index in [0.29, 0.717) is 11.3 Å². The number of hydrogen-bond donors (Lipinski definition) is 4. The summed E-state index contributed by atoms with van der Waals surface area (Å²) in [5.41, 5.74) is 0.267. The Labute approximate surface area is 115 Å². The van der Waals surface area contributed by atoms with E-state index in [2.05, 4.69) is 10.6 Å². The molecule has 0 aliphatic carbocycles. The van der Waals surface area contributed by atoms with Gasteiger partial charge in [0.25, 0.3) is 5.91 Å². The van der Waals surface area contributed by atoms with Crippen molar-refractivity contribution in [2.45, 2.75) is 11.4 Å². The highest BCUT2D eigenvalue weighted by Gasteiger charge is 2.44. The Morgan fingerprint density at radius 2 is 2.00 bits per heavy atom. The zero-order chi connectivity index (χ0) is 14.2. The van der Waals surface area contributed by atoms with E-state index in [1.807, 2.05) is 6.07 Å². The van der Waals surface area contributed by atoms with Gasteiger partial charge in [-0.05, 0) is 12.1 Å². The number of aliphatic hydroxyl groups is 2. The first-order chi connectivity index (χ1) is 9.56. The third-order valence-corrected chi connectivity index (χ3v) is 3.41. The summed E-state index contributed by atoms with van der Waals surface area (Å²) >= 11 is 0. The number of benzene rings is 1. The van der Waals surface area contributed by atoms with E-state index in [1.54, 1.807) is 18.2 Å². The van der Waals surface area contributed by atoms with Crippen LogP contribution < -0.4 is 10.6 Å². The van der Waals surface area contributed by atoms with Gasteiger partial charge in [0.05, 0.1) is 25.4 Å². The first-order valence-corrected chi connectivity index (χ1v) is 6.31. The molecule has 2 aliphatic rings. The van der Waals surface area contributed by atoms with Gasteiger partial charge in [-0.3, -0.25) is 4.79 Å². The smallest absolute Gasteiger partial charge is 0.255 e. The van der Waals surface area contributed by atoms with Crippen LogP contribution in [0.15, 0.2) is 24.3 Å². The molecule has 108 valence electrons. The van der Waals surface area contributed by atoms with E-state index >= 15 is 0 Å². The normalized spacial score (nSPS) is 33.0. The van der Waals surface area contributed by atoms with Crippen molar-refractivity contribution >= 4 is 11.6 Å². The van der Waals surface area contributed by atoms with Gasteiger partial charge < -0.3 is 30.3 Å². The Morgan fingerprint density at radius 3 is 2.80 bits per heavy atom. The van der Waals surface area contributed by atoms with E-state index in [0.717, 1.165) is 0 Å². The second-order valence-corrected chi connectivity index (χ2v) is 5.09. The maximum Gasteiger partial charge on any atom is 0.255 e. The van der Waals surface area contributed by atoms with Crippen molar-refractivity contribution in [2.75, 3.05) is 31.7 Å². The molecule has 0 aromatic heterocycles. The number of fused-ring (bicyclic) bond motifs is 1. The van der Waals surface area contributed by atoms with Gasteiger partial charge in [0, 0.05) is 5.69 Å². The summed E-state index contributed by atoms with van der Waals surface area (Å²) in [4.78, 5) is 12.1. The van der Waals surface area contributed by atoms with Crippen LogP contribution in [0.2, 0.25) is 0 Å². The predicted molar refractivity (Wildman–Crippen MR) is 69.1 cm³/mol. The van der Waals surface area contributed by atoms with Crippen molar-refractivity contribution < 1.29 is 24.5 Å². The lowest BCUT2D eigenvalue weighted by molar-refractivity contribution is -0.237. The average Bonchev–Trinajstić information content (AvgIpc) is 2.60. The standard InChI is InChI=1S/C13H16N2O5/c16-5-13(18)8-19-6-12(7-20-13)14-10-4-2-1-3-9(10)11(17)15-12/h1-4,14,16,18H,5-8H2,(H,15,17). The molecule has 2 unspecified atom stereocenters. The van der Waals surface area contributed by atoms with Gasteiger partial charge in [-0.2, -0.15) is 0 Å². The molecule has 2 atom stereocenters. The second kappa shape index (κ2) is 4.71. The Kier molecular flexibility index (Phi) is 3.14. The SMILES string of the molecule is O=C1NC2(COCC(O)(CO)OC2)Nc2ccccc21. The predicted octanol–water partition coefficient (Wildman–Crippen LogP) is -0.734. The van der Waals surface area contributed by atoms with Crippen molar-refractivity contribution in [3.63, 3.8) is 0 Å². The largest absolute Gasteiger partial charge is 0.391 e. The lowest BCUT2D eigenvalue weighted by Gasteiger charge is -2.38. The maximum atomic E-state index is 12.1. The molecule has 0 radical (unpaired) electrons. The van der Waals surface area contributed by atoms with E-state index in [9.17, 15) is 9.90 Å². The number of amides is 1. The van der Waals surface area contributed by atoms with Crippen molar-refractivity contribution in [3.05, 3.63) is 29.8 Å². The highest BCUT2D eigenvalue weighted by Crippen LogP contribution is 2.27. The molecule has 2 aliphatic heterocycles. The first kappa shape index (κ1) is 13.3. The van der Waals surface area contributed by atoms with Crippen LogP contribution in [0.1, 0.15) is 10.4 Å². The summed E-state index contributed by atoms with van der Waals surface area (Å²) in [6.07, 6.45) is 0. The quantitative estimate of drug-likeness (QED) is 0.541. The van der Waals surface area contributed by atoms with Crippen molar-refractivity contribution in [1.29, 1.82) is 0 Å². The Hall–Kier alpha value is -1.67. The lowest BCUT2D eigenvalue weighted by atomic mass is 10.0. The first-order valence-electron chi connectivity index (χ1n) is 6.31. The van der Waals surface area contributed by atoms with E-state index in [1.165, 1.54) is 0 Å². The number of carbonyl (C=O) groups excluding carboxylic acids is 1. The summed E-state index contributed by atoms with van der Waals surface area (Å²) in [5.74, 6) is -1.98. The van der Waals surface area contributed by atoms with E-state index in [-0.39, 0.29) is 25.7 Å². The Morgan fingerprint density at radius 1 is 1.20 bits per heavy atom. The Balaban J connectivity index is 1.86. The number of nitrogens with one attached hydrogen (secondary N) is 2. The molecule has 0 saturated carbocycles. The van der Waals surface area contributed by atoms with Crippen LogP contribution in [-0.2, 0) is 9.47 Å². The molecule has 3 rings (SSSR count). The van der Waals surface area contributed by atoms with Gasteiger partial charge in [-0.1, -0.05) is 12.1 Å². The highest BCUT2D eigenvalue weighted by atomic mass is 16.7. The van der Waals surface area contributed by atoms with Crippen LogP contribution in [-0.4, -0.2) is 54.0 Å². The molecule has 1 spiro atoms. The maximum absolute atomic E-state index is 12.1. The molecule has 0 bridgehead atoms. The number of para-hydroxylation sites is 1.